The lowest BCUT2D eigenvalue weighted by Crippen LogP contribution is -2.58. The van der Waals surface area contributed by atoms with Crippen molar-refractivity contribution in [2.75, 3.05) is 18.1 Å². The molecule has 278 valence electrons. The summed E-state index contributed by atoms with van der Waals surface area (Å²) in [6, 6.07) is 0.359. The predicted octanol–water partition coefficient (Wildman–Crippen LogP) is 4.67. The molecule has 49 heavy (non-hydrogen) atoms. The Morgan fingerprint density at radius 2 is 1.80 bits per heavy atom. The molecular formula is C36H59N3O8S2. The standard InChI is InChI=1S/C36H59N3O8S2/c1-21(8-11-30(41)37-16-17-49(44,45)46)24-9-10-25-32-26(13-15-36(24,25)3)35(2)14-12-23(18-22(35)19-28(32)40)47-31(42)7-5-4-6-29-33-27(20-48-29)38-34(43)39-33/h21-29,32-33,40H,4-20H2,1-3H3,(H,37,41)(H2,38,39,43)(H,44,45,46)/t21-,22?,23-,24-,25+,26+,27+,28+,29+,32?,33+,35+,36-/m1/s1. The Morgan fingerprint density at radius 1 is 1.04 bits per heavy atom. The first-order chi connectivity index (χ1) is 23.2. The number of urea groups is 1. The van der Waals surface area contributed by atoms with Crippen molar-refractivity contribution in [1.29, 1.82) is 0 Å². The number of thioether (sulfide) groups is 1. The average Bonchev–Trinajstić information content (AvgIpc) is 3.70. The summed E-state index contributed by atoms with van der Waals surface area (Å²) in [4.78, 5) is 36.9. The molecule has 13 heteroatoms. The highest BCUT2D eigenvalue weighted by Crippen LogP contribution is 2.68. The van der Waals surface area contributed by atoms with Gasteiger partial charge < -0.3 is 25.8 Å². The van der Waals surface area contributed by atoms with Crippen LogP contribution in [0.4, 0.5) is 4.79 Å². The van der Waals surface area contributed by atoms with E-state index < -0.39 is 15.9 Å². The molecule has 0 aromatic carbocycles. The third-order valence-electron chi connectivity index (χ3n) is 14.3. The minimum absolute atomic E-state index is 0.0650. The van der Waals surface area contributed by atoms with E-state index in [-0.39, 0.29) is 65.5 Å². The van der Waals surface area contributed by atoms with Gasteiger partial charge in [-0.05, 0) is 117 Å². The highest BCUT2D eigenvalue weighted by Gasteiger charge is 2.63. The largest absolute Gasteiger partial charge is 0.462 e. The SMILES string of the molecule is C[C@H](CCC(=O)NCCS(=O)(=O)O)[C@H]1CC[C@H]2C3[C@@H](O)CC4C[C@H](OC(=O)CCCC[C@@H]5SC[C@@H]6NC(=O)N[C@@H]65)CC[C@]4(C)[C@H]3CC[C@]12C. The van der Waals surface area contributed by atoms with Crippen molar-refractivity contribution < 1.29 is 37.2 Å². The van der Waals surface area contributed by atoms with Crippen molar-refractivity contribution in [3.63, 3.8) is 0 Å². The lowest BCUT2D eigenvalue weighted by atomic mass is 9.43. The lowest BCUT2D eigenvalue weighted by Gasteiger charge is -2.62. The predicted molar refractivity (Wildman–Crippen MR) is 188 cm³/mol. The number of aliphatic hydroxyl groups excluding tert-OH is 1. The molecular weight excluding hydrogens is 667 g/mol. The number of rotatable bonds is 13. The summed E-state index contributed by atoms with van der Waals surface area (Å²) in [5, 5.41) is 20.8. The van der Waals surface area contributed by atoms with Gasteiger partial charge in [-0.25, -0.2) is 4.79 Å². The summed E-state index contributed by atoms with van der Waals surface area (Å²) >= 11 is 1.91. The van der Waals surface area contributed by atoms with Crippen LogP contribution in [0.2, 0.25) is 0 Å². The molecule has 0 bridgehead atoms. The van der Waals surface area contributed by atoms with Crippen LogP contribution in [0.15, 0.2) is 0 Å². The molecule has 6 aliphatic rings. The number of unbranched alkanes of at least 4 members (excludes halogenated alkanes) is 1. The smallest absolute Gasteiger partial charge is 0.315 e. The van der Waals surface area contributed by atoms with Gasteiger partial charge in [0.15, 0.2) is 0 Å². The van der Waals surface area contributed by atoms with E-state index >= 15 is 0 Å². The molecule has 4 aliphatic carbocycles. The van der Waals surface area contributed by atoms with Gasteiger partial charge in [0.25, 0.3) is 10.1 Å². The monoisotopic (exact) mass is 725 g/mol. The van der Waals surface area contributed by atoms with Gasteiger partial charge in [0.1, 0.15) is 6.10 Å². The van der Waals surface area contributed by atoms with Crippen LogP contribution in [-0.4, -0.2) is 83.6 Å². The molecule has 5 N–H and O–H groups in total. The Hall–Kier alpha value is -1.57. The zero-order valence-corrected chi connectivity index (χ0v) is 31.2. The molecule has 11 nitrogen and oxygen atoms in total. The molecule has 0 radical (unpaired) electrons. The Labute approximate surface area is 296 Å². The molecule has 3 amide bonds. The summed E-state index contributed by atoms with van der Waals surface area (Å²) in [7, 11) is -4.09. The molecule has 4 saturated carbocycles. The van der Waals surface area contributed by atoms with Crippen LogP contribution in [0, 0.1) is 46.3 Å². The van der Waals surface area contributed by atoms with Crippen molar-refractivity contribution in [3.05, 3.63) is 0 Å². The zero-order chi connectivity index (χ0) is 35.1. The molecule has 13 atom stereocenters. The fraction of sp³-hybridized carbons (Fsp3) is 0.917. The topological polar surface area (TPSA) is 171 Å². The molecule has 0 aromatic heterocycles. The van der Waals surface area contributed by atoms with Gasteiger partial charge in [-0.1, -0.05) is 27.2 Å². The van der Waals surface area contributed by atoms with E-state index in [1.807, 2.05) is 11.8 Å². The summed E-state index contributed by atoms with van der Waals surface area (Å²) in [6.45, 7) is 7.04. The van der Waals surface area contributed by atoms with Gasteiger partial charge in [-0.3, -0.25) is 14.1 Å². The van der Waals surface area contributed by atoms with Crippen molar-refractivity contribution in [1.82, 2.24) is 16.0 Å². The van der Waals surface area contributed by atoms with E-state index in [2.05, 4.69) is 36.7 Å². The number of ether oxygens (including phenoxy) is 1. The van der Waals surface area contributed by atoms with E-state index in [9.17, 15) is 27.9 Å². The zero-order valence-electron chi connectivity index (χ0n) is 29.5. The van der Waals surface area contributed by atoms with Crippen molar-refractivity contribution in [2.24, 2.45) is 46.3 Å². The van der Waals surface area contributed by atoms with Crippen LogP contribution >= 0.6 is 11.8 Å². The van der Waals surface area contributed by atoms with E-state index in [0.29, 0.717) is 47.7 Å². The summed E-state index contributed by atoms with van der Waals surface area (Å²) in [5.74, 6) is 2.55. The van der Waals surface area contributed by atoms with Crippen LogP contribution in [0.5, 0.6) is 0 Å². The highest BCUT2D eigenvalue weighted by molar-refractivity contribution is 8.00. The van der Waals surface area contributed by atoms with E-state index in [0.717, 1.165) is 82.8 Å². The van der Waals surface area contributed by atoms with Crippen LogP contribution in [0.25, 0.3) is 0 Å². The minimum Gasteiger partial charge on any atom is -0.462 e. The molecule has 2 aliphatic heterocycles. The second kappa shape index (κ2) is 14.8. The van der Waals surface area contributed by atoms with E-state index in [1.54, 1.807) is 0 Å². The molecule has 2 saturated heterocycles. The first-order valence-electron chi connectivity index (χ1n) is 19.0. The average molecular weight is 726 g/mol. The second-order valence-electron chi connectivity index (χ2n) is 16.9. The van der Waals surface area contributed by atoms with Crippen LogP contribution in [-0.2, 0) is 24.4 Å². The van der Waals surface area contributed by atoms with E-state index in [4.69, 9.17) is 9.29 Å². The van der Waals surface area contributed by atoms with Gasteiger partial charge in [-0.2, -0.15) is 20.2 Å². The maximum atomic E-state index is 12.9. The summed E-state index contributed by atoms with van der Waals surface area (Å²) in [6.07, 6.45) is 11.8. The maximum Gasteiger partial charge on any atom is 0.315 e. The number of esters is 1. The normalized spacial score (nSPS) is 41.8. The van der Waals surface area contributed by atoms with Gasteiger partial charge in [0.05, 0.1) is 23.9 Å². The molecule has 6 rings (SSSR count). The van der Waals surface area contributed by atoms with Crippen LogP contribution in [0.1, 0.15) is 111 Å². The quantitative estimate of drug-likeness (QED) is 0.0784. The fourth-order valence-electron chi connectivity index (χ4n) is 11.7. The first kappa shape index (κ1) is 37.2. The van der Waals surface area contributed by atoms with Crippen molar-refractivity contribution in [2.45, 2.75) is 140 Å². The highest BCUT2D eigenvalue weighted by atomic mass is 32.2. The number of aliphatic hydroxyl groups is 1. The third-order valence-corrected chi connectivity index (χ3v) is 16.5. The first-order valence-corrected chi connectivity index (χ1v) is 21.6. The van der Waals surface area contributed by atoms with Crippen molar-refractivity contribution in [3.8, 4) is 0 Å². The Morgan fingerprint density at radius 3 is 2.57 bits per heavy atom. The number of carbonyl (C=O) groups is 3. The fourth-order valence-corrected chi connectivity index (χ4v) is 13.6. The van der Waals surface area contributed by atoms with E-state index in [1.165, 1.54) is 0 Å². The number of hydrogen-bond acceptors (Lipinski definition) is 8. The Balaban J connectivity index is 0.964. The minimum atomic E-state index is -4.09. The number of fused-ring (bicyclic) bond motifs is 6. The van der Waals surface area contributed by atoms with Gasteiger partial charge in [0.2, 0.25) is 5.91 Å². The third kappa shape index (κ3) is 7.94. The number of hydrogen-bond donors (Lipinski definition) is 5. The van der Waals surface area contributed by atoms with Crippen molar-refractivity contribution >= 4 is 39.8 Å². The van der Waals surface area contributed by atoms with Crippen LogP contribution in [0.3, 0.4) is 0 Å². The molecule has 2 unspecified atom stereocenters. The molecule has 0 spiro atoms. The Kier molecular flexibility index (Phi) is 11.2. The van der Waals surface area contributed by atoms with Gasteiger partial charge in [-0.15, -0.1) is 0 Å². The molecule has 6 fully saturated rings. The molecule has 2 heterocycles. The number of carbonyl (C=O) groups excluding carboxylic acids is 3. The maximum absolute atomic E-state index is 12.9. The second-order valence-corrected chi connectivity index (χ2v) is 19.8. The van der Waals surface area contributed by atoms with Gasteiger partial charge >= 0.3 is 12.0 Å². The lowest BCUT2D eigenvalue weighted by molar-refractivity contribution is -0.183. The number of amides is 3. The summed E-state index contributed by atoms with van der Waals surface area (Å²) in [5.41, 5.74) is 0.262. The number of nitrogens with one attached hydrogen (secondary N) is 3. The van der Waals surface area contributed by atoms with Gasteiger partial charge in [0, 0.05) is 30.4 Å². The Bertz CT molecular complexity index is 1350. The van der Waals surface area contributed by atoms with Crippen LogP contribution < -0.4 is 16.0 Å². The summed E-state index contributed by atoms with van der Waals surface area (Å²) < 4.78 is 36.9. The molecule has 0 aromatic rings.